The number of terminal acetylenes is 1. The third kappa shape index (κ3) is 5.78. The second kappa shape index (κ2) is 12.9. The number of fused-ring (bicyclic) bond motifs is 1. The van der Waals surface area contributed by atoms with Gasteiger partial charge in [0.15, 0.2) is 27.8 Å². The largest absolute Gasteiger partial charge is 0.493 e. The standard InChI is InChI=1S/C29H27BrN2O7S/c1-6-11-39-26-20(30)12-17(13-23(26)35-4)14-24-27(33)32-25(19(28(34)36-5)16-31-29(32)40-24)18-9-10-21(37-7-2)22(15-18)38-8-3/h1,9-10,12-16,25H,7-8,11H2,2-5H3/b24-14-/t25-/m1/s1. The molecule has 0 unspecified atom stereocenters. The topological polar surface area (TPSA) is 97.6 Å². The molecule has 0 spiro atoms. The third-order valence-electron chi connectivity index (χ3n) is 5.86. The van der Waals surface area contributed by atoms with Crippen LogP contribution in [0.5, 0.6) is 23.0 Å². The molecule has 0 saturated heterocycles. The van der Waals surface area contributed by atoms with Gasteiger partial charge in [-0.25, -0.2) is 9.79 Å². The molecule has 1 aliphatic heterocycles. The molecule has 9 nitrogen and oxygen atoms in total. The lowest BCUT2D eigenvalue weighted by atomic mass is 9.97. The van der Waals surface area contributed by atoms with Gasteiger partial charge in [-0.15, -0.1) is 6.42 Å². The van der Waals surface area contributed by atoms with Crippen molar-refractivity contribution < 1.29 is 28.5 Å². The van der Waals surface area contributed by atoms with Crippen molar-refractivity contribution in [2.24, 2.45) is 4.99 Å². The fraction of sp³-hybridized carbons (Fsp3) is 0.276. The molecule has 2 heterocycles. The zero-order valence-corrected chi connectivity index (χ0v) is 24.8. The highest BCUT2D eigenvalue weighted by atomic mass is 79.9. The van der Waals surface area contributed by atoms with Gasteiger partial charge < -0.3 is 23.7 Å². The Morgan fingerprint density at radius 1 is 1.12 bits per heavy atom. The van der Waals surface area contributed by atoms with Gasteiger partial charge in [0.1, 0.15) is 6.61 Å². The van der Waals surface area contributed by atoms with Crippen LogP contribution in [-0.2, 0) is 9.53 Å². The van der Waals surface area contributed by atoms with Crippen molar-refractivity contribution in [1.82, 2.24) is 4.57 Å². The van der Waals surface area contributed by atoms with Crippen LogP contribution < -0.4 is 33.8 Å². The minimum atomic E-state index is -0.790. The monoisotopic (exact) mass is 626 g/mol. The maximum absolute atomic E-state index is 13.8. The summed E-state index contributed by atoms with van der Waals surface area (Å²) in [5.41, 5.74) is 1.22. The van der Waals surface area contributed by atoms with E-state index in [0.717, 1.165) is 0 Å². The number of halogens is 1. The molecule has 3 aromatic rings. The van der Waals surface area contributed by atoms with Crippen molar-refractivity contribution in [3.05, 3.63) is 77.4 Å². The Bertz CT molecular complexity index is 1680. The summed E-state index contributed by atoms with van der Waals surface area (Å²) in [6.07, 6.45) is 8.49. The highest BCUT2D eigenvalue weighted by molar-refractivity contribution is 9.10. The highest BCUT2D eigenvalue weighted by Crippen LogP contribution is 2.37. The van der Waals surface area contributed by atoms with Crippen molar-refractivity contribution in [3.8, 4) is 35.3 Å². The SMILES string of the molecule is C#CCOc1c(Br)cc(/C=c2\sc3n(c2=O)[C@H](c2ccc(OCC)c(OCC)c2)C(C(=O)OC)=CN=3)cc1OC. The van der Waals surface area contributed by atoms with Crippen molar-refractivity contribution in [2.75, 3.05) is 34.0 Å². The quantitative estimate of drug-likeness (QED) is 0.251. The van der Waals surface area contributed by atoms with Crippen molar-refractivity contribution in [2.45, 2.75) is 19.9 Å². The fourth-order valence-electron chi connectivity index (χ4n) is 4.22. The van der Waals surface area contributed by atoms with E-state index in [1.165, 1.54) is 36.3 Å². The number of ether oxygens (including phenoxy) is 5. The van der Waals surface area contributed by atoms with Crippen LogP contribution in [0, 0.1) is 12.3 Å². The minimum absolute atomic E-state index is 0.0754. The average molecular weight is 628 g/mol. The molecular weight excluding hydrogens is 600 g/mol. The number of carbonyl (C=O) groups is 1. The average Bonchev–Trinajstić information content (AvgIpc) is 3.27. The number of carbonyl (C=O) groups excluding carboxylic acids is 1. The van der Waals surface area contributed by atoms with Gasteiger partial charge in [0.2, 0.25) is 0 Å². The van der Waals surface area contributed by atoms with E-state index in [9.17, 15) is 9.59 Å². The van der Waals surface area contributed by atoms with Crippen LogP contribution in [-0.4, -0.2) is 44.6 Å². The van der Waals surface area contributed by atoms with Gasteiger partial charge in [-0.3, -0.25) is 9.36 Å². The van der Waals surface area contributed by atoms with E-state index in [1.54, 1.807) is 36.4 Å². The van der Waals surface area contributed by atoms with E-state index in [4.69, 9.17) is 30.1 Å². The van der Waals surface area contributed by atoms with Gasteiger partial charge >= 0.3 is 5.97 Å². The number of thiazole rings is 1. The Labute approximate surface area is 243 Å². The number of rotatable bonds is 10. The fourth-order valence-corrected chi connectivity index (χ4v) is 5.76. The zero-order valence-electron chi connectivity index (χ0n) is 22.4. The van der Waals surface area contributed by atoms with Crippen LogP contribution in [0.1, 0.15) is 31.0 Å². The first-order valence-electron chi connectivity index (χ1n) is 12.3. The first-order chi connectivity index (χ1) is 19.4. The lowest BCUT2D eigenvalue weighted by molar-refractivity contribution is -0.136. The number of esters is 1. The summed E-state index contributed by atoms with van der Waals surface area (Å²) in [4.78, 5) is 31.5. The molecule has 2 aromatic carbocycles. The van der Waals surface area contributed by atoms with Crippen molar-refractivity contribution in [1.29, 1.82) is 0 Å². The Kier molecular flexibility index (Phi) is 9.34. The number of methoxy groups -OCH3 is 2. The number of benzene rings is 2. The summed E-state index contributed by atoms with van der Waals surface area (Å²) in [6.45, 7) is 4.70. The maximum atomic E-state index is 13.8. The molecule has 40 heavy (non-hydrogen) atoms. The van der Waals surface area contributed by atoms with Gasteiger partial charge in [0.25, 0.3) is 5.56 Å². The number of aromatic nitrogens is 1. The van der Waals surface area contributed by atoms with Gasteiger partial charge in [0.05, 0.1) is 48.1 Å². The molecule has 11 heteroatoms. The predicted molar refractivity (Wildman–Crippen MR) is 155 cm³/mol. The number of hydrogen-bond donors (Lipinski definition) is 0. The van der Waals surface area contributed by atoms with E-state index in [0.29, 0.717) is 61.1 Å². The summed E-state index contributed by atoms with van der Waals surface area (Å²) in [5, 5.41) is 0. The molecule has 0 saturated carbocycles. The Hall–Kier alpha value is -4.01. The molecule has 0 N–H and O–H groups in total. The van der Waals surface area contributed by atoms with E-state index in [-0.39, 0.29) is 17.7 Å². The van der Waals surface area contributed by atoms with E-state index >= 15 is 0 Å². The normalized spacial score (nSPS) is 14.3. The van der Waals surface area contributed by atoms with Crippen molar-refractivity contribution in [3.63, 3.8) is 0 Å². The van der Waals surface area contributed by atoms with Gasteiger partial charge in [-0.05, 0) is 71.2 Å². The van der Waals surface area contributed by atoms with Crippen molar-refractivity contribution >= 4 is 39.3 Å². The van der Waals surface area contributed by atoms with Crippen LogP contribution in [0.4, 0.5) is 0 Å². The highest BCUT2D eigenvalue weighted by Gasteiger charge is 2.31. The summed E-state index contributed by atoms with van der Waals surface area (Å²) in [5.74, 6) is 3.82. The molecule has 0 bridgehead atoms. The smallest absolute Gasteiger partial charge is 0.337 e. The molecule has 1 aromatic heterocycles. The summed E-state index contributed by atoms with van der Waals surface area (Å²) in [6, 6.07) is 8.09. The molecule has 0 radical (unpaired) electrons. The molecule has 1 aliphatic rings. The van der Waals surface area contributed by atoms with Crippen LogP contribution in [0.2, 0.25) is 0 Å². The predicted octanol–water partition coefficient (Wildman–Crippen LogP) is 3.60. The van der Waals surface area contributed by atoms with E-state index in [2.05, 4.69) is 26.8 Å². The first kappa shape index (κ1) is 29.0. The molecule has 208 valence electrons. The summed E-state index contributed by atoms with van der Waals surface area (Å²) in [7, 11) is 2.81. The van der Waals surface area contributed by atoms with Crippen LogP contribution >= 0.6 is 27.3 Å². The van der Waals surface area contributed by atoms with Crippen LogP contribution in [0.3, 0.4) is 0 Å². The molecule has 4 rings (SSSR count). The second-order valence-electron chi connectivity index (χ2n) is 8.28. The lowest BCUT2D eigenvalue weighted by Crippen LogP contribution is -2.39. The van der Waals surface area contributed by atoms with Gasteiger partial charge in [-0.2, -0.15) is 0 Å². The minimum Gasteiger partial charge on any atom is -0.493 e. The summed E-state index contributed by atoms with van der Waals surface area (Å²) < 4.78 is 30.1. The van der Waals surface area contributed by atoms with Gasteiger partial charge in [-0.1, -0.05) is 23.3 Å². The van der Waals surface area contributed by atoms with Gasteiger partial charge in [0, 0.05) is 6.20 Å². The van der Waals surface area contributed by atoms with Crippen LogP contribution in [0.25, 0.3) is 6.08 Å². The molecule has 0 amide bonds. The molecule has 1 atom stereocenters. The number of nitrogens with zero attached hydrogens (tertiary/aromatic N) is 2. The maximum Gasteiger partial charge on any atom is 0.337 e. The van der Waals surface area contributed by atoms with Crippen LogP contribution in [0.15, 0.2) is 56.4 Å². The number of hydrogen-bond acceptors (Lipinski definition) is 9. The Morgan fingerprint density at radius 3 is 2.55 bits per heavy atom. The molecule has 0 aliphatic carbocycles. The van der Waals surface area contributed by atoms with E-state index < -0.39 is 12.0 Å². The molecule has 0 fully saturated rings. The first-order valence-corrected chi connectivity index (χ1v) is 13.9. The summed E-state index contributed by atoms with van der Waals surface area (Å²) >= 11 is 4.69. The third-order valence-corrected chi connectivity index (χ3v) is 7.44. The zero-order chi connectivity index (χ0) is 28.8. The Balaban J connectivity index is 1.88. The second-order valence-corrected chi connectivity index (χ2v) is 10.1. The van der Waals surface area contributed by atoms with E-state index in [1.807, 2.05) is 13.8 Å². The lowest BCUT2D eigenvalue weighted by Gasteiger charge is -2.23. The Morgan fingerprint density at radius 2 is 1.88 bits per heavy atom. The molecular formula is C29H27BrN2O7S.